The fourth-order valence-corrected chi connectivity index (χ4v) is 1.21. The predicted octanol–water partition coefficient (Wildman–Crippen LogP) is 0.783. The minimum Gasteiger partial charge on any atom is -0.343 e. The molecule has 12 heavy (non-hydrogen) atoms. The molecule has 1 aromatic heterocycles. The smallest absolute Gasteiger partial charge is 0.273 e. The van der Waals surface area contributed by atoms with Gasteiger partial charge >= 0.3 is 0 Å². The van der Waals surface area contributed by atoms with E-state index >= 15 is 0 Å². The number of carbonyl (C=O) groups excluding carboxylic acids is 1. The molecule has 64 valence electrons. The second-order valence-electron chi connectivity index (χ2n) is 2.42. The van der Waals surface area contributed by atoms with Gasteiger partial charge in [-0.2, -0.15) is 0 Å². The molecule has 0 saturated heterocycles. The maximum absolute atomic E-state index is 11.4. The summed E-state index contributed by atoms with van der Waals surface area (Å²) in [7, 11) is 3.39. The molecule has 1 rings (SSSR count). The summed E-state index contributed by atoms with van der Waals surface area (Å²) in [4.78, 5) is 20.6. The van der Waals surface area contributed by atoms with E-state index in [-0.39, 0.29) is 5.91 Å². The Morgan fingerprint density at radius 2 is 2.25 bits per heavy atom. The highest BCUT2D eigenvalue weighted by Gasteiger charge is 2.12. The van der Waals surface area contributed by atoms with E-state index in [0.29, 0.717) is 5.69 Å². The van der Waals surface area contributed by atoms with E-state index in [2.05, 4.69) is 9.97 Å². The van der Waals surface area contributed by atoms with Crippen LogP contribution in [-0.4, -0.2) is 34.9 Å². The van der Waals surface area contributed by atoms with Crippen molar-refractivity contribution in [3.8, 4) is 0 Å². The Kier molecular flexibility index (Phi) is 2.96. The van der Waals surface area contributed by atoms with Crippen LogP contribution in [0.1, 0.15) is 10.5 Å². The zero-order valence-corrected chi connectivity index (χ0v) is 8.94. The molecule has 0 unspecified atom stereocenters. The predicted molar refractivity (Wildman–Crippen MR) is 52.8 cm³/mol. The number of nitrogens with zero attached hydrogens (tertiary/aromatic N) is 3. The van der Waals surface area contributed by atoms with Gasteiger partial charge in [-0.05, 0) is 22.6 Å². The highest BCUT2D eigenvalue weighted by atomic mass is 127. The molecule has 1 amide bonds. The number of amides is 1. The Balaban J connectivity index is 3.03. The van der Waals surface area contributed by atoms with Crippen molar-refractivity contribution in [1.29, 1.82) is 0 Å². The normalized spacial score (nSPS) is 9.58. The highest BCUT2D eigenvalue weighted by molar-refractivity contribution is 14.1. The van der Waals surface area contributed by atoms with Crippen LogP contribution in [0.5, 0.6) is 0 Å². The largest absolute Gasteiger partial charge is 0.343 e. The topological polar surface area (TPSA) is 46.1 Å². The molecule has 0 spiro atoms. The van der Waals surface area contributed by atoms with Crippen molar-refractivity contribution in [2.24, 2.45) is 0 Å². The first-order chi connectivity index (χ1) is 5.63. The van der Waals surface area contributed by atoms with Crippen LogP contribution >= 0.6 is 22.6 Å². The fourth-order valence-electron chi connectivity index (χ4n) is 0.682. The minimum absolute atomic E-state index is 0.0956. The van der Waals surface area contributed by atoms with E-state index in [1.54, 1.807) is 20.3 Å². The van der Waals surface area contributed by atoms with Gasteiger partial charge in [-0.1, -0.05) is 0 Å². The summed E-state index contributed by atoms with van der Waals surface area (Å²) >= 11 is 2.04. The number of carbonyl (C=O) groups is 1. The monoisotopic (exact) mass is 277 g/mol. The zero-order valence-electron chi connectivity index (χ0n) is 6.78. The van der Waals surface area contributed by atoms with Gasteiger partial charge in [-0.15, -0.1) is 0 Å². The molecule has 0 aromatic carbocycles. The average molecular weight is 277 g/mol. The summed E-state index contributed by atoms with van der Waals surface area (Å²) in [6, 6.07) is 0. The van der Waals surface area contributed by atoms with Crippen LogP contribution in [0, 0.1) is 3.57 Å². The first-order valence-corrected chi connectivity index (χ1v) is 4.38. The molecule has 0 aliphatic rings. The molecule has 0 saturated carbocycles. The summed E-state index contributed by atoms with van der Waals surface area (Å²) in [6.45, 7) is 0. The van der Waals surface area contributed by atoms with Gasteiger partial charge in [0.2, 0.25) is 0 Å². The van der Waals surface area contributed by atoms with Crippen LogP contribution in [0.4, 0.5) is 0 Å². The van der Waals surface area contributed by atoms with E-state index in [1.807, 2.05) is 22.6 Å². The van der Waals surface area contributed by atoms with E-state index in [1.165, 1.54) is 11.2 Å². The lowest BCUT2D eigenvalue weighted by molar-refractivity contribution is 0.0820. The standard InChI is InChI=1S/C7H8IN3O/c1-11(2)7(12)6-5(8)3-9-4-10-6/h3-4H,1-2H3. The molecule has 0 fully saturated rings. The highest BCUT2D eigenvalue weighted by Crippen LogP contribution is 2.07. The Morgan fingerprint density at radius 3 is 2.75 bits per heavy atom. The third-order valence-electron chi connectivity index (χ3n) is 1.28. The first kappa shape index (κ1) is 9.37. The molecule has 4 nitrogen and oxygen atoms in total. The van der Waals surface area contributed by atoms with Crippen molar-refractivity contribution in [1.82, 2.24) is 14.9 Å². The Hall–Kier alpha value is -0.720. The third-order valence-corrected chi connectivity index (χ3v) is 2.07. The average Bonchev–Trinajstić information content (AvgIpc) is 2.04. The summed E-state index contributed by atoms with van der Waals surface area (Å²) < 4.78 is 0.772. The summed E-state index contributed by atoms with van der Waals surface area (Å²) in [6.07, 6.45) is 2.99. The van der Waals surface area contributed by atoms with Crippen LogP contribution in [0.3, 0.4) is 0 Å². The second kappa shape index (κ2) is 3.79. The van der Waals surface area contributed by atoms with E-state index in [4.69, 9.17) is 0 Å². The molecule has 0 N–H and O–H groups in total. The summed E-state index contributed by atoms with van der Waals surface area (Å²) in [5.74, 6) is -0.0956. The van der Waals surface area contributed by atoms with Crippen LogP contribution in [0.15, 0.2) is 12.5 Å². The number of hydrogen-bond donors (Lipinski definition) is 0. The fraction of sp³-hybridized carbons (Fsp3) is 0.286. The minimum atomic E-state index is -0.0956. The van der Waals surface area contributed by atoms with Crippen molar-refractivity contribution in [3.63, 3.8) is 0 Å². The lowest BCUT2D eigenvalue weighted by Gasteiger charge is -2.09. The maximum atomic E-state index is 11.4. The Morgan fingerprint density at radius 1 is 1.58 bits per heavy atom. The van der Waals surface area contributed by atoms with Crippen LogP contribution in [0.2, 0.25) is 0 Å². The van der Waals surface area contributed by atoms with Gasteiger partial charge in [0.1, 0.15) is 12.0 Å². The zero-order chi connectivity index (χ0) is 9.14. The van der Waals surface area contributed by atoms with Gasteiger partial charge in [-0.3, -0.25) is 4.79 Å². The molecule has 1 aromatic rings. The van der Waals surface area contributed by atoms with Crippen molar-refractivity contribution in [2.45, 2.75) is 0 Å². The molecule has 0 radical (unpaired) electrons. The number of aromatic nitrogens is 2. The molecule has 1 heterocycles. The van der Waals surface area contributed by atoms with Gasteiger partial charge in [0, 0.05) is 20.3 Å². The van der Waals surface area contributed by atoms with Crippen molar-refractivity contribution in [3.05, 3.63) is 21.8 Å². The van der Waals surface area contributed by atoms with Crippen molar-refractivity contribution < 1.29 is 4.79 Å². The molecule has 0 atom stereocenters. The van der Waals surface area contributed by atoms with Gasteiger partial charge in [0.05, 0.1) is 3.57 Å². The molecule has 0 bridgehead atoms. The quantitative estimate of drug-likeness (QED) is 0.713. The van der Waals surface area contributed by atoms with Crippen molar-refractivity contribution in [2.75, 3.05) is 14.1 Å². The van der Waals surface area contributed by atoms with Crippen LogP contribution < -0.4 is 0 Å². The Labute approximate surface area is 84.1 Å². The Bertz CT molecular complexity index is 300. The maximum Gasteiger partial charge on any atom is 0.273 e. The number of hydrogen-bond acceptors (Lipinski definition) is 3. The lowest BCUT2D eigenvalue weighted by Crippen LogP contribution is -2.23. The van der Waals surface area contributed by atoms with Crippen LogP contribution in [-0.2, 0) is 0 Å². The van der Waals surface area contributed by atoms with Gasteiger partial charge < -0.3 is 4.90 Å². The molecule has 0 aliphatic heterocycles. The SMILES string of the molecule is CN(C)C(=O)c1ncncc1I. The van der Waals surface area contributed by atoms with Gasteiger partial charge in [-0.25, -0.2) is 9.97 Å². The summed E-state index contributed by atoms with van der Waals surface area (Å²) in [5, 5.41) is 0. The van der Waals surface area contributed by atoms with Crippen LogP contribution in [0.25, 0.3) is 0 Å². The molecule has 5 heteroatoms. The van der Waals surface area contributed by atoms with E-state index in [9.17, 15) is 4.79 Å². The van der Waals surface area contributed by atoms with Crippen molar-refractivity contribution >= 4 is 28.5 Å². The lowest BCUT2D eigenvalue weighted by atomic mass is 10.4. The summed E-state index contributed by atoms with van der Waals surface area (Å²) in [5.41, 5.74) is 0.454. The molecule has 0 aliphatic carbocycles. The molecular weight excluding hydrogens is 269 g/mol. The number of halogens is 1. The number of rotatable bonds is 1. The van der Waals surface area contributed by atoms with E-state index < -0.39 is 0 Å². The second-order valence-corrected chi connectivity index (χ2v) is 3.58. The van der Waals surface area contributed by atoms with Gasteiger partial charge in [0.25, 0.3) is 5.91 Å². The third kappa shape index (κ3) is 1.90. The van der Waals surface area contributed by atoms with Gasteiger partial charge in [0.15, 0.2) is 0 Å². The first-order valence-electron chi connectivity index (χ1n) is 3.30. The molecular formula is C7H8IN3O. The van der Waals surface area contributed by atoms with E-state index in [0.717, 1.165) is 3.57 Å².